The summed E-state index contributed by atoms with van der Waals surface area (Å²) in [6, 6.07) is 0. The molecule has 0 fully saturated rings. The zero-order valence-corrected chi connectivity index (χ0v) is 7.13. The fraction of sp³-hybridized carbons (Fsp3) is 1.00. The summed E-state index contributed by atoms with van der Waals surface area (Å²) in [5, 5.41) is 0. The van der Waals surface area contributed by atoms with Gasteiger partial charge in [-0.05, 0) is 0 Å². The van der Waals surface area contributed by atoms with Crippen molar-refractivity contribution in [2.24, 2.45) is 0 Å². The van der Waals surface area contributed by atoms with Gasteiger partial charge in [0.1, 0.15) is 0 Å². The maximum atomic E-state index is 12.5. The normalized spacial score (nSPS) is 18.5. The third-order valence-corrected chi connectivity index (χ3v) is 1.62. The van der Waals surface area contributed by atoms with E-state index >= 15 is 0 Å². The zero-order valence-electron chi connectivity index (χ0n) is 7.13. The van der Waals surface area contributed by atoms with Crippen molar-refractivity contribution in [3.63, 3.8) is 0 Å². The minimum Gasteiger partial charge on any atom is -0.237 e. The lowest BCUT2D eigenvalue weighted by atomic mass is 10.0. The molecule has 80 valence electrons. The Labute approximate surface area is 71.9 Å². The van der Waals surface area contributed by atoms with E-state index in [0.29, 0.717) is 0 Å². The molecular formula is C7H10F6. The highest BCUT2D eigenvalue weighted by molar-refractivity contribution is 4.88. The van der Waals surface area contributed by atoms with Crippen LogP contribution in [0.4, 0.5) is 26.3 Å². The predicted molar refractivity (Wildman–Crippen MR) is 35.7 cm³/mol. The highest BCUT2D eigenvalue weighted by Gasteiger charge is 2.52. The summed E-state index contributed by atoms with van der Waals surface area (Å²) in [7, 11) is 0. The summed E-state index contributed by atoms with van der Waals surface area (Å²) in [6.07, 6.45) is -7.94. The second-order valence-electron chi connectivity index (χ2n) is 2.87. The molecule has 0 saturated heterocycles. The van der Waals surface area contributed by atoms with Crippen molar-refractivity contribution in [3.8, 4) is 0 Å². The average molecular weight is 208 g/mol. The highest BCUT2D eigenvalue weighted by atomic mass is 19.3. The first kappa shape index (κ1) is 12.6. The topological polar surface area (TPSA) is 0 Å². The number of halogens is 6. The molecule has 0 N–H and O–H groups in total. The number of alkyl halides is 6. The van der Waals surface area contributed by atoms with Crippen LogP contribution in [0, 0.1) is 0 Å². The van der Waals surface area contributed by atoms with Crippen molar-refractivity contribution in [2.75, 3.05) is 0 Å². The summed E-state index contributed by atoms with van der Waals surface area (Å²) in [6.45, 7) is 0.961. The lowest BCUT2D eigenvalue weighted by Crippen LogP contribution is -2.44. The molecule has 0 aromatic rings. The van der Waals surface area contributed by atoms with Crippen LogP contribution in [0.15, 0.2) is 0 Å². The Balaban J connectivity index is 4.52. The Morgan fingerprint density at radius 3 is 1.62 bits per heavy atom. The lowest BCUT2D eigenvalue weighted by Gasteiger charge is -2.25. The van der Waals surface area contributed by atoms with Gasteiger partial charge in [-0.1, -0.05) is 6.92 Å². The Morgan fingerprint density at radius 1 is 1.00 bits per heavy atom. The van der Waals surface area contributed by atoms with E-state index in [1.165, 1.54) is 0 Å². The molecule has 2 atom stereocenters. The molecule has 0 saturated carbocycles. The Morgan fingerprint density at radius 2 is 1.38 bits per heavy atom. The largest absolute Gasteiger partial charge is 0.281 e. The van der Waals surface area contributed by atoms with Crippen molar-refractivity contribution in [2.45, 2.75) is 44.5 Å². The van der Waals surface area contributed by atoms with Gasteiger partial charge in [-0.25, -0.2) is 26.3 Å². The second kappa shape index (κ2) is 3.75. The van der Waals surface area contributed by atoms with E-state index in [1.54, 1.807) is 0 Å². The van der Waals surface area contributed by atoms with Crippen molar-refractivity contribution in [1.29, 1.82) is 0 Å². The van der Waals surface area contributed by atoms with E-state index in [2.05, 4.69) is 0 Å². The smallest absolute Gasteiger partial charge is 0.237 e. The van der Waals surface area contributed by atoms with E-state index in [0.717, 1.165) is 6.92 Å². The zero-order chi connectivity index (χ0) is 10.9. The van der Waals surface area contributed by atoms with Crippen LogP contribution in [0.2, 0.25) is 0 Å². The number of hydrogen-bond acceptors (Lipinski definition) is 0. The van der Waals surface area contributed by atoms with Crippen LogP contribution in [-0.2, 0) is 0 Å². The molecule has 0 spiro atoms. The Hall–Kier alpha value is -0.420. The molecule has 13 heavy (non-hydrogen) atoms. The highest BCUT2D eigenvalue weighted by Crippen LogP contribution is 2.35. The van der Waals surface area contributed by atoms with Crippen molar-refractivity contribution < 1.29 is 26.3 Å². The van der Waals surface area contributed by atoms with Gasteiger partial charge in [0.2, 0.25) is 6.17 Å². The SMILES string of the molecule is CCC(F)(F)[C@@H](F)C(F)C(C)(F)F. The van der Waals surface area contributed by atoms with Crippen LogP contribution in [0.3, 0.4) is 0 Å². The van der Waals surface area contributed by atoms with Crippen molar-refractivity contribution >= 4 is 0 Å². The van der Waals surface area contributed by atoms with Crippen LogP contribution in [0.1, 0.15) is 20.3 Å². The minimum absolute atomic E-state index is 0.0655. The number of hydrogen-bond donors (Lipinski definition) is 0. The van der Waals surface area contributed by atoms with Gasteiger partial charge in [0.15, 0.2) is 6.17 Å². The maximum Gasteiger partial charge on any atom is 0.281 e. The summed E-state index contributed by atoms with van der Waals surface area (Å²) in [5.74, 6) is -8.13. The molecule has 0 aromatic heterocycles. The maximum absolute atomic E-state index is 12.5. The second-order valence-corrected chi connectivity index (χ2v) is 2.87. The summed E-state index contributed by atoms with van der Waals surface area (Å²) >= 11 is 0. The van der Waals surface area contributed by atoms with Gasteiger partial charge in [-0.3, -0.25) is 0 Å². The average Bonchev–Trinajstić information content (AvgIpc) is 2.00. The number of rotatable bonds is 4. The van der Waals surface area contributed by atoms with Gasteiger partial charge in [-0.2, -0.15) is 0 Å². The van der Waals surface area contributed by atoms with E-state index in [-0.39, 0.29) is 6.92 Å². The van der Waals surface area contributed by atoms with Gasteiger partial charge in [0.05, 0.1) is 0 Å². The first-order chi connectivity index (χ1) is 5.63. The molecule has 0 aromatic carbocycles. The molecule has 0 aliphatic carbocycles. The van der Waals surface area contributed by atoms with Crippen LogP contribution in [0.5, 0.6) is 0 Å². The van der Waals surface area contributed by atoms with Crippen LogP contribution < -0.4 is 0 Å². The van der Waals surface area contributed by atoms with Crippen molar-refractivity contribution in [3.05, 3.63) is 0 Å². The monoisotopic (exact) mass is 208 g/mol. The van der Waals surface area contributed by atoms with Crippen LogP contribution in [-0.4, -0.2) is 24.2 Å². The molecule has 0 nitrogen and oxygen atoms in total. The molecule has 0 aliphatic rings. The summed E-state index contributed by atoms with van der Waals surface area (Å²) in [5.41, 5.74) is 0. The standard InChI is InChI=1S/C7H10F6/c1-3-7(12,13)5(9)4(8)6(2,10)11/h4-5H,3H2,1-2H3/t4?,5-/m0/s1. The van der Waals surface area contributed by atoms with Gasteiger partial charge in [0.25, 0.3) is 11.8 Å². The van der Waals surface area contributed by atoms with Crippen LogP contribution in [0.25, 0.3) is 0 Å². The van der Waals surface area contributed by atoms with Gasteiger partial charge in [0, 0.05) is 13.3 Å². The fourth-order valence-corrected chi connectivity index (χ4v) is 0.666. The fourth-order valence-electron chi connectivity index (χ4n) is 0.666. The van der Waals surface area contributed by atoms with E-state index in [1.807, 2.05) is 0 Å². The first-order valence-corrected chi connectivity index (χ1v) is 3.66. The van der Waals surface area contributed by atoms with E-state index < -0.39 is 30.6 Å². The molecule has 0 rings (SSSR count). The Kier molecular flexibility index (Phi) is 3.63. The van der Waals surface area contributed by atoms with E-state index in [9.17, 15) is 26.3 Å². The molecule has 6 heteroatoms. The lowest BCUT2D eigenvalue weighted by molar-refractivity contribution is -0.159. The molecule has 0 bridgehead atoms. The first-order valence-electron chi connectivity index (χ1n) is 3.66. The quantitative estimate of drug-likeness (QED) is 0.621. The molecule has 0 heterocycles. The van der Waals surface area contributed by atoms with Crippen LogP contribution >= 0.6 is 0 Å². The minimum atomic E-state index is -4.09. The van der Waals surface area contributed by atoms with Gasteiger partial charge in [-0.15, -0.1) is 0 Å². The molecule has 0 radical (unpaired) electrons. The summed E-state index contributed by atoms with van der Waals surface area (Å²) in [4.78, 5) is 0. The third-order valence-electron chi connectivity index (χ3n) is 1.62. The third kappa shape index (κ3) is 3.08. The molecular weight excluding hydrogens is 198 g/mol. The summed E-state index contributed by atoms with van der Waals surface area (Å²) < 4.78 is 73.8. The van der Waals surface area contributed by atoms with E-state index in [4.69, 9.17) is 0 Å². The molecule has 0 amide bonds. The van der Waals surface area contributed by atoms with Crippen molar-refractivity contribution in [1.82, 2.24) is 0 Å². The molecule has 0 aliphatic heterocycles. The van der Waals surface area contributed by atoms with Gasteiger partial charge >= 0.3 is 0 Å². The predicted octanol–water partition coefficient (Wildman–Crippen LogP) is 3.36. The molecule has 1 unspecified atom stereocenters. The van der Waals surface area contributed by atoms with Gasteiger partial charge < -0.3 is 0 Å². The Bertz CT molecular complexity index is 161.